The SMILES string of the molecule is CC(=O)NC1CCCC2=C(c3nnc(-c4ccc(OC(C)C)c(C#N)c4)s3)C=CC=C1C2. The first-order chi connectivity index (χ1) is 15.4. The lowest BCUT2D eigenvalue weighted by Crippen LogP contribution is -2.34. The number of ether oxygens (including phenoxy) is 1. The van der Waals surface area contributed by atoms with Crippen molar-refractivity contribution in [1.29, 1.82) is 5.26 Å². The number of amides is 1. The summed E-state index contributed by atoms with van der Waals surface area (Å²) in [4.78, 5) is 11.6. The van der Waals surface area contributed by atoms with Gasteiger partial charge in [-0.3, -0.25) is 4.79 Å². The average molecular weight is 447 g/mol. The van der Waals surface area contributed by atoms with Gasteiger partial charge >= 0.3 is 0 Å². The van der Waals surface area contributed by atoms with Crippen molar-refractivity contribution in [3.05, 3.63) is 58.1 Å². The number of nitriles is 1. The Morgan fingerprint density at radius 1 is 1.31 bits per heavy atom. The van der Waals surface area contributed by atoms with Crippen molar-refractivity contribution in [3.63, 3.8) is 0 Å². The summed E-state index contributed by atoms with van der Waals surface area (Å²) in [5.41, 5.74) is 5.03. The zero-order valence-corrected chi connectivity index (χ0v) is 19.3. The number of hydrogen-bond acceptors (Lipinski definition) is 6. The third-order valence-electron chi connectivity index (χ3n) is 5.53. The maximum atomic E-state index is 11.6. The van der Waals surface area contributed by atoms with Crippen LogP contribution in [0.15, 0.2) is 47.6 Å². The van der Waals surface area contributed by atoms with Crippen LogP contribution in [0.5, 0.6) is 5.75 Å². The third kappa shape index (κ3) is 4.81. The quantitative estimate of drug-likeness (QED) is 0.683. The van der Waals surface area contributed by atoms with Crippen LogP contribution in [-0.4, -0.2) is 28.3 Å². The molecule has 2 bridgehead atoms. The largest absolute Gasteiger partial charge is 0.490 e. The summed E-state index contributed by atoms with van der Waals surface area (Å²) < 4.78 is 5.73. The van der Waals surface area contributed by atoms with E-state index in [4.69, 9.17) is 4.74 Å². The van der Waals surface area contributed by atoms with Crippen molar-refractivity contribution in [3.8, 4) is 22.4 Å². The second kappa shape index (κ2) is 9.49. The van der Waals surface area contributed by atoms with Gasteiger partial charge in [-0.1, -0.05) is 35.1 Å². The van der Waals surface area contributed by atoms with Crippen LogP contribution in [0.2, 0.25) is 0 Å². The fourth-order valence-electron chi connectivity index (χ4n) is 4.14. The number of carbonyl (C=O) groups excluding carboxylic acids is 1. The molecule has 1 unspecified atom stereocenters. The van der Waals surface area contributed by atoms with Crippen molar-refractivity contribution < 1.29 is 9.53 Å². The molecule has 2 aliphatic carbocycles. The molecule has 2 aliphatic rings. The first-order valence-electron chi connectivity index (χ1n) is 10.9. The highest BCUT2D eigenvalue weighted by Gasteiger charge is 2.24. The molecular weight excluding hydrogens is 420 g/mol. The number of benzene rings is 1. The van der Waals surface area contributed by atoms with E-state index in [1.807, 2.05) is 38.1 Å². The van der Waals surface area contributed by atoms with Crippen LogP contribution in [-0.2, 0) is 4.79 Å². The molecule has 1 aromatic heterocycles. The van der Waals surface area contributed by atoms with Gasteiger partial charge in [0.1, 0.15) is 21.8 Å². The molecule has 0 spiro atoms. The molecule has 4 rings (SSSR count). The number of allylic oxidation sites excluding steroid dienone is 5. The second-order valence-corrected chi connectivity index (χ2v) is 9.32. The van der Waals surface area contributed by atoms with E-state index in [2.05, 4.69) is 33.7 Å². The molecule has 2 aromatic rings. The van der Waals surface area contributed by atoms with E-state index in [0.717, 1.165) is 46.8 Å². The van der Waals surface area contributed by atoms with E-state index in [1.165, 1.54) is 22.5 Å². The molecular formula is C25H26N4O2S. The third-order valence-corrected chi connectivity index (χ3v) is 6.54. The molecule has 1 aromatic carbocycles. The van der Waals surface area contributed by atoms with E-state index in [1.54, 1.807) is 6.92 Å². The van der Waals surface area contributed by atoms with Crippen LogP contribution in [0, 0.1) is 11.3 Å². The molecule has 1 atom stereocenters. The summed E-state index contributed by atoms with van der Waals surface area (Å²) in [5.74, 6) is 0.588. The monoisotopic (exact) mass is 446 g/mol. The summed E-state index contributed by atoms with van der Waals surface area (Å²) in [5, 5.41) is 23.2. The molecule has 0 saturated heterocycles. The topological polar surface area (TPSA) is 87.9 Å². The van der Waals surface area contributed by atoms with Crippen LogP contribution in [0.4, 0.5) is 0 Å². The highest BCUT2D eigenvalue weighted by molar-refractivity contribution is 7.15. The van der Waals surface area contributed by atoms with Gasteiger partial charge in [0.15, 0.2) is 0 Å². The van der Waals surface area contributed by atoms with Gasteiger partial charge in [-0.05, 0) is 63.3 Å². The van der Waals surface area contributed by atoms with E-state index >= 15 is 0 Å². The van der Waals surface area contributed by atoms with Crippen LogP contribution in [0.25, 0.3) is 16.1 Å². The number of carbonyl (C=O) groups is 1. The van der Waals surface area contributed by atoms with Gasteiger partial charge in [-0.2, -0.15) is 5.26 Å². The minimum Gasteiger partial charge on any atom is -0.490 e. The summed E-state index contributed by atoms with van der Waals surface area (Å²) in [6, 6.07) is 7.87. The molecule has 1 amide bonds. The van der Waals surface area contributed by atoms with Gasteiger partial charge in [0.2, 0.25) is 5.91 Å². The molecule has 1 heterocycles. The van der Waals surface area contributed by atoms with Crippen molar-refractivity contribution in [1.82, 2.24) is 15.5 Å². The van der Waals surface area contributed by atoms with E-state index in [0.29, 0.717) is 11.3 Å². The Balaban J connectivity index is 1.62. The van der Waals surface area contributed by atoms with Crippen LogP contribution in [0.1, 0.15) is 57.0 Å². The number of nitrogens with one attached hydrogen (secondary N) is 1. The maximum absolute atomic E-state index is 11.6. The van der Waals surface area contributed by atoms with Crippen molar-refractivity contribution in [2.45, 2.75) is 58.6 Å². The summed E-state index contributed by atoms with van der Waals surface area (Å²) in [6.07, 6.45) is 10.0. The first kappa shape index (κ1) is 22.0. The molecule has 0 aliphatic heterocycles. The molecule has 164 valence electrons. The normalized spacial score (nSPS) is 18.0. The van der Waals surface area contributed by atoms with Gasteiger partial charge in [0.05, 0.1) is 17.7 Å². The standard InChI is InChI=1S/C25H26N4O2S/c1-15(2)31-23-11-10-19(13-20(23)14-26)24-28-29-25(32-24)21-8-4-7-18-12-17(21)6-5-9-22(18)27-16(3)30/h4,7-8,10-11,13,15,22H,5-6,9,12H2,1-3H3,(H,27,30). The van der Waals surface area contributed by atoms with Crippen molar-refractivity contribution in [2.24, 2.45) is 0 Å². The number of hydrogen-bond donors (Lipinski definition) is 1. The number of nitrogens with zero attached hydrogens (tertiary/aromatic N) is 3. The second-order valence-electron chi connectivity index (χ2n) is 8.34. The molecule has 0 radical (unpaired) electrons. The van der Waals surface area contributed by atoms with Gasteiger partial charge in [0, 0.05) is 18.1 Å². The van der Waals surface area contributed by atoms with Crippen molar-refractivity contribution in [2.75, 3.05) is 0 Å². The first-order valence-corrected chi connectivity index (χ1v) is 11.7. The Labute approximate surface area is 192 Å². The minimum atomic E-state index is -0.000139. The predicted octanol–water partition coefficient (Wildman–Crippen LogP) is 5.19. The zero-order valence-electron chi connectivity index (χ0n) is 18.5. The van der Waals surface area contributed by atoms with Gasteiger partial charge in [0.25, 0.3) is 0 Å². The minimum absolute atomic E-state index is 0.000139. The fraction of sp³-hybridized carbons (Fsp3) is 0.360. The fourth-order valence-corrected chi connectivity index (χ4v) is 5.06. The molecule has 1 saturated carbocycles. The predicted molar refractivity (Wildman–Crippen MR) is 126 cm³/mol. The smallest absolute Gasteiger partial charge is 0.217 e. The Kier molecular flexibility index (Phi) is 6.52. The molecule has 6 nitrogen and oxygen atoms in total. The number of fused-ring (bicyclic) bond motifs is 2. The summed E-state index contributed by atoms with van der Waals surface area (Å²) in [7, 11) is 0. The van der Waals surface area contributed by atoms with Crippen LogP contribution < -0.4 is 10.1 Å². The maximum Gasteiger partial charge on any atom is 0.217 e. The van der Waals surface area contributed by atoms with E-state index in [-0.39, 0.29) is 18.1 Å². The Morgan fingerprint density at radius 2 is 2.12 bits per heavy atom. The molecule has 1 fully saturated rings. The number of rotatable bonds is 5. The highest BCUT2D eigenvalue weighted by atomic mass is 32.1. The van der Waals surface area contributed by atoms with Crippen molar-refractivity contribution >= 4 is 22.8 Å². The summed E-state index contributed by atoms with van der Waals surface area (Å²) in [6.45, 7) is 5.45. The molecule has 1 N–H and O–H groups in total. The van der Waals surface area contributed by atoms with Crippen LogP contribution in [0.3, 0.4) is 0 Å². The average Bonchev–Trinajstić information content (AvgIpc) is 3.04. The Hall–Kier alpha value is -3.24. The number of aromatic nitrogens is 2. The van der Waals surface area contributed by atoms with Gasteiger partial charge in [-0.25, -0.2) is 0 Å². The zero-order chi connectivity index (χ0) is 22.7. The lowest BCUT2D eigenvalue weighted by Gasteiger charge is -2.18. The lowest BCUT2D eigenvalue weighted by atomic mass is 9.99. The van der Waals surface area contributed by atoms with E-state index < -0.39 is 0 Å². The summed E-state index contributed by atoms with van der Waals surface area (Å²) >= 11 is 1.53. The highest BCUT2D eigenvalue weighted by Crippen LogP contribution is 2.38. The Bertz CT molecular complexity index is 1170. The van der Waals surface area contributed by atoms with E-state index in [9.17, 15) is 10.1 Å². The molecule has 32 heavy (non-hydrogen) atoms. The Morgan fingerprint density at radius 3 is 2.88 bits per heavy atom. The van der Waals surface area contributed by atoms with Gasteiger partial charge in [-0.15, -0.1) is 10.2 Å². The van der Waals surface area contributed by atoms with Gasteiger partial charge < -0.3 is 10.1 Å². The molecule has 7 heteroatoms. The van der Waals surface area contributed by atoms with Crippen LogP contribution >= 0.6 is 11.3 Å². The lowest BCUT2D eigenvalue weighted by molar-refractivity contribution is -0.119.